The van der Waals surface area contributed by atoms with E-state index >= 15 is 0 Å². The van der Waals surface area contributed by atoms with Crippen LogP contribution >= 0.6 is 11.6 Å². The van der Waals surface area contributed by atoms with E-state index < -0.39 is 41.6 Å². The first-order valence-corrected chi connectivity index (χ1v) is 8.39. The predicted molar refractivity (Wildman–Crippen MR) is 89.1 cm³/mol. The lowest BCUT2D eigenvalue weighted by molar-refractivity contribution is -0.117. The molecule has 10 heteroatoms. The van der Waals surface area contributed by atoms with Crippen molar-refractivity contribution in [2.24, 2.45) is 0 Å². The van der Waals surface area contributed by atoms with Crippen LogP contribution in [0, 0.1) is 11.6 Å². The van der Waals surface area contributed by atoms with Crippen molar-refractivity contribution in [2.45, 2.75) is 18.0 Å². The Labute approximate surface area is 156 Å². The van der Waals surface area contributed by atoms with Gasteiger partial charge in [-0.2, -0.15) is 0 Å². The van der Waals surface area contributed by atoms with Crippen molar-refractivity contribution in [1.29, 1.82) is 0 Å². The van der Waals surface area contributed by atoms with Crippen LogP contribution in [-0.4, -0.2) is 45.9 Å². The van der Waals surface area contributed by atoms with Gasteiger partial charge in [0.15, 0.2) is 5.82 Å². The van der Waals surface area contributed by atoms with E-state index in [1.165, 1.54) is 12.1 Å². The Morgan fingerprint density at radius 3 is 2.63 bits per heavy atom. The summed E-state index contributed by atoms with van der Waals surface area (Å²) in [5.74, 6) is -2.83. The number of rotatable bonds is 3. The summed E-state index contributed by atoms with van der Waals surface area (Å²) in [6.45, 7) is -0.549. The number of benzene rings is 1. The molecule has 0 unspecified atom stereocenters. The van der Waals surface area contributed by atoms with E-state index in [1.807, 2.05) is 0 Å². The summed E-state index contributed by atoms with van der Waals surface area (Å²) in [7, 11) is 0. The maximum atomic E-state index is 14.5. The van der Waals surface area contributed by atoms with Gasteiger partial charge in [-0.3, -0.25) is 14.9 Å². The van der Waals surface area contributed by atoms with Gasteiger partial charge in [0, 0.05) is 17.7 Å². The molecule has 2 aromatic rings. The number of nitrogens with zero attached hydrogens (tertiary/aromatic N) is 3. The first-order valence-electron chi connectivity index (χ1n) is 8.01. The number of fused-ring (bicyclic) bond motifs is 2. The lowest BCUT2D eigenvalue weighted by atomic mass is 9.85. The van der Waals surface area contributed by atoms with Crippen LogP contribution in [0.2, 0.25) is 5.02 Å². The molecule has 1 fully saturated rings. The van der Waals surface area contributed by atoms with E-state index in [4.69, 9.17) is 11.6 Å². The number of anilines is 1. The molecule has 0 saturated heterocycles. The normalized spacial score (nSPS) is 23.3. The summed E-state index contributed by atoms with van der Waals surface area (Å²) in [5, 5.41) is 2.15. The summed E-state index contributed by atoms with van der Waals surface area (Å²) in [6.07, 6.45) is 0.474. The van der Waals surface area contributed by atoms with Crippen LogP contribution < -0.4 is 5.32 Å². The Balaban J connectivity index is 1.58. The van der Waals surface area contributed by atoms with Gasteiger partial charge in [-0.05, 0) is 18.6 Å². The average molecular weight is 397 g/mol. The average Bonchev–Trinajstić information content (AvgIpc) is 3.26. The highest BCUT2D eigenvalue weighted by atomic mass is 35.5. The largest absolute Gasteiger partial charge is 0.328 e. The molecule has 4 rings (SSSR count). The SMILES string of the molecule is O=C(CN1C[C@@]2(C[C@H]2F)c2c(ccc(Cl)c2F)C1=O)Nc1ncc(F)cn1. The molecule has 1 aromatic heterocycles. The molecule has 6 nitrogen and oxygen atoms in total. The van der Waals surface area contributed by atoms with E-state index in [0.717, 1.165) is 17.3 Å². The lowest BCUT2D eigenvalue weighted by Crippen LogP contribution is -2.48. The molecule has 0 bridgehead atoms. The van der Waals surface area contributed by atoms with E-state index in [-0.39, 0.29) is 35.1 Å². The monoisotopic (exact) mass is 396 g/mol. The minimum absolute atomic E-state index is 0.00543. The summed E-state index contributed by atoms with van der Waals surface area (Å²) in [5.41, 5.74) is -1.22. The van der Waals surface area contributed by atoms with Crippen molar-refractivity contribution in [3.63, 3.8) is 0 Å². The van der Waals surface area contributed by atoms with Crippen LogP contribution in [0.25, 0.3) is 0 Å². The van der Waals surface area contributed by atoms with Gasteiger partial charge < -0.3 is 4.90 Å². The first kappa shape index (κ1) is 17.7. The van der Waals surface area contributed by atoms with Gasteiger partial charge in [-0.1, -0.05) is 11.6 Å². The third-order valence-electron chi connectivity index (χ3n) is 4.77. The van der Waals surface area contributed by atoms with Crippen molar-refractivity contribution in [2.75, 3.05) is 18.4 Å². The van der Waals surface area contributed by atoms with Crippen LogP contribution in [0.3, 0.4) is 0 Å². The Morgan fingerprint density at radius 2 is 2.00 bits per heavy atom. The molecule has 1 spiro atoms. The fraction of sp³-hybridized carbons (Fsp3) is 0.294. The molecule has 2 atom stereocenters. The molecule has 2 heterocycles. The van der Waals surface area contributed by atoms with E-state index in [1.54, 1.807) is 0 Å². The van der Waals surface area contributed by atoms with Crippen molar-refractivity contribution < 1.29 is 22.8 Å². The summed E-state index contributed by atoms with van der Waals surface area (Å²) < 4.78 is 41.5. The smallest absolute Gasteiger partial charge is 0.254 e. The number of hydrogen-bond donors (Lipinski definition) is 1. The molecular formula is C17H12ClF3N4O2. The third kappa shape index (κ3) is 2.91. The van der Waals surface area contributed by atoms with Crippen LogP contribution in [0.15, 0.2) is 24.5 Å². The Morgan fingerprint density at radius 1 is 1.33 bits per heavy atom. The summed E-state index contributed by atoms with van der Waals surface area (Å²) >= 11 is 5.79. The van der Waals surface area contributed by atoms with Gasteiger partial charge in [-0.25, -0.2) is 23.1 Å². The van der Waals surface area contributed by atoms with Crippen LogP contribution in [0.1, 0.15) is 22.3 Å². The second kappa shape index (κ2) is 6.19. The molecule has 140 valence electrons. The third-order valence-corrected chi connectivity index (χ3v) is 5.06. The van der Waals surface area contributed by atoms with E-state index in [0.29, 0.717) is 0 Å². The zero-order chi connectivity index (χ0) is 19.3. The van der Waals surface area contributed by atoms with Gasteiger partial charge in [0.2, 0.25) is 11.9 Å². The maximum Gasteiger partial charge on any atom is 0.254 e. The number of amides is 2. The van der Waals surface area contributed by atoms with Gasteiger partial charge in [0.25, 0.3) is 5.91 Å². The summed E-state index contributed by atoms with van der Waals surface area (Å²) in [6, 6.07) is 2.57. The molecule has 1 aromatic carbocycles. The number of halogens is 4. The minimum Gasteiger partial charge on any atom is -0.328 e. The lowest BCUT2D eigenvalue weighted by Gasteiger charge is -2.34. The molecule has 27 heavy (non-hydrogen) atoms. The first-order chi connectivity index (χ1) is 12.8. The Hall–Kier alpha value is -2.68. The van der Waals surface area contributed by atoms with E-state index in [2.05, 4.69) is 15.3 Å². The quantitative estimate of drug-likeness (QED) is 0.865. The van der Waals surface area contributed by atoms with Crippen molar-refractivity contribution >= 4 is 29.4 Å². The van der Waals surface area contributed by atoms with Gasteiger partial charge in [0.1, 0.15) is 18.5 Å². The van der Waals surface area contributed by atoms with Crippen LogP contribution in [-0.2, 0) is 10.2 Å². The molecule has 0 radical (unpaired) electrons. The molecule has 1 N–H and O–H groups in total. The van der Waals surface area contributed by atoms with Crippen molar-refractivity contribution in [3.8, 4) is 0 Å². The topological polar surface area (TPSA) is 75.2 Å². The van der Waals surface area contributed by atoms with Crippen molar-refractivity contribution in [1.82, 2.24) is 14.9 Å². The molecule has 1 aliphatic heterocycles. The van der Waals surface area contributed by atoms with Crippen molar-refractivity contribution in [3.05, 3.63) is 52.3 Å². The second-order valence-corrected chi connectivity index (χ2v) is 6.95. The van der Waals surface area contributed by atoms with Gasteiger partial charge in [0.05, 0.1) is 22.8 Å². The zero-order valence-electron chi connectivity index (χ0n) is 13.7. The Bertz CT molecular complexity index is 956. The number of aromatic nitrogens is 2. The highest BCUT2D eigenvalue weighted by Crippen LogP contribution is 2.55. The molecular weight excluding hydrogens is 385 g/mol. The maximum absolute atomic E-state index is 14.5. The zero-order valence-corrected chi connectivity index (χ0v) is 14.4. The highest BCUT2D eigenvalue weighted by Gasteiger charge is 2.62. The fourth-order valence-corrected chi connectivity index (χ4v) is 3.56. The standard InChI is InChI=1S/C17H12ClF3N4O2/c18-10-2-1-9-13(14(10)21)17(3-11(17)20)7-25(15(9)27)6-12(26)24-16-22-4-8(19)5-23-16/h1-2,4-5,11H,3,6-7H2,(H,22,23,24,26)/t11-,17-/m1/s1. The Kier molecular flexibility index (Phi) is 4.06. The molecule has 2 aliphatic rings. The van der Waals surface area contributed by atoms with Crippen LogP contribution in [0.4, 0.5) is 19.1 Å². The fourth-order valence-electron chi connectivity index (χ4n) is 3.40. The minimum atomic E-state index is -1.33. The number of alkyl halides is 1. The molecule has 1 saturated carbocycles. The number of carbonyl (C=O) groups is 2. The van der Waals surface area contributed by atoms with Crippen LogP contribution in [0.5, 0.6) is 0 Å². The second-order valence-electron chi connectivity index (χ2n) is 6.55. The summed E-state index contributed by atoms with van der Waals surface area (Å²) in [4.78, 5) is 33.2. The predicted octanol–water partition coefficient (Wildman–Crippen LogP) is 2.48. The number of nitrogens with one attached hydrogen (secondary N) is 1. The molecule has 2 amide bonds. The van der Waals surface area contributed by atoms with E-state index in [9.17, 15) is 22.8 Å². The number of carbonyl (C=O) groups excluding carboxylic acids is 2. The van der Waals surface area contributed by atoms with Gasteiger partial charge >= 0.3 is 0 Å². The highest BCUT2D eigenvalue weighted by molar-refractivity contribution is 6.31. The molecule has 1 aliphatic carbocycles. The van der Waals surface area contributed by atoms with Gasteiger partial charge in [-0.15, -0.1) is 0 Å². The number of hydrogen-bond acceptors (Lipinski definition) is 4.